The van der Waals surface area contributed by atoms with E-state index in [4.69, 9.17) is 4.74 Å². The molecule has 0 saturated heterocycles. The molecule has 0 saturated carbocycles. The summed E-state index contributed by atoms with van der Waals surface area (Å²) in [5.41, 5.74) is 3.72. The summed E-state index contributed by atoms with van der Waals surface area (Å²) >= 11 is 1.17. The summed E-state index contributed by atoms with van der Waals surface area (Å²) in [7, 11) is -2.08. The number of rotatable bonds is 8. The van der Waals surface area contributed by atoms with Gasteiger partial charge in [0.1, 0.15) is 9.96 Å². The van der Waals surface area contributed by atoms with Crippen LogP contribution in [0.5, 0.6) is 5.75 Å². The Hall–Kier alpha value is -3.04. The Balaban J connectivity index is 1.34. The number of sulfonamides is 1. The highest BCUT2D eigenvalue weighted by atomic mass is 32.2. The highest BCUT2D eigenvalue weighted by Gasteiger charge is 2.22. The number of benzene rings is 2. The van der Waals surface area contributed by atoms with Gasteiger partial charge < -0.3 is 15.0 Å². The lowest BCUT2D eigenvalue weighted by atomic mass is 10.1. The molecule has 0 atom stereocenters. The minimum Gasteiger partial charge on any atom is -0.484 e. The zero-order valence-electron chi connectivity index (χ0n) is 17.9. The van der Waals surface area contributed by atoms with E-state index in [0.29, 0.717) is 11.4 Å². The first-order valence-electron chi connectivity index (χ1n) is 10.3. The van der Waals surface area contributed by atoms with Crippen molar-refractivity contribution in [2.75, 3.05) is 41.3 Å². The van der Waals surface area contributed by atoms with Gasteiger partial charge in [0.15, 0.2) is 6.61 Å². The van der Waals surface area contributed by atoms with E-state index >= 15 is 0 Å². The van der Waals surface area contributed by atoms with Crippen molar-refractivity contribution in [2.24, 2.45) is 0 Å². The Labute approximate surface area is 192 Å². The van der Waals surface area contributed by atoms with Crippen molar-refractivity contribution >= 4 is 44.3 Å². The summed E-state index contributed by atoms with van der Waals surface area (Å²) in [4.78, 5) is 14.6. The van der Waals surface area contributed by atoms with E-state index in [9.17, 15) is 13.2 Å². The number of carbonyl (C=O) groups excluding carboxylic acids is 1. The first-order valence-corrected chi connectivity index (χ1v) is 12.6. The lowest BCUT2D eigenvalue weighted by Crippen LogP contribution is -2.25. The Kier molecular flexibility index (Phi) is 6.38. The minimum atomic E-state index is -3.59. The number of hydrogen-bond donors (Lipinski definition) is 1. The third-order valence-electron chi connectivity index (χ3n) is 5.42. The molecule has 0 spiro atoms. The van der Waals surface area contributed by atoms with Gasteiger partial charge in [-0.25, -0.2) is 8.42 Å². The SMILES string of the molecule is CCN1CCc2ccc(NC(=O)COc3ccc(N(C)S(=O)(=O)c4cccs4)cc3)cc21. The van der Waals surface area contributed by atoms with Gasteiger partial charge in [-0.1, -0.05) is 12.1 Å². The average molecular weight is 472 g/mol. The molecule has 1 N–H and O–H groups in total. The quantitative estimate of drug-likeness (QED) is 0.538. The molecule has 1 amide bonds. The molecule has 0 aliphatic carbocycles. The van der Waals surface area contributed by atoms with Crippen LogP contribution in [0.15, 0.2) is 64.2 Å². The molecule has 168 valence electrons. The van der Waals surface area contributed by atoms with Gasteiger partial charge in [-0.05, 0) is 66.8 Å². The Bertz CT molecular complexity index is 1190. The van der Waals surface area contributed by atoms with Crippen LogP contribution >= 0.6 is 11.3 Å². The summed E-state index contributed by atoms with van der Waals surface area (Å²) in [6.45, 7) is 3.92. The topological polar surface area (TPSA) is 79.0 Å². The first-order chi connectivity index (χ1) is 15.4. The Morgan fingerprint density at radius 3 is 2.66 bits per heavy atom. The molecule has 4 rings (SSSR count). The number of hydrogen-bond acceptors (Lipinski definition) is 6. The van der Waals surface area contributed by atoms with E-state index in [-0.39, 0.29) is 16.7 Å². The van der Waals surface area contributed by atoms with Crippen molar-refractivity contribution in [3.8, 4) is 5.75 Å². The summed E-state index contributed by atoms with van der Waals surface area (Å²) in [5.74, 6) is 0.226. The molecule has 2 heterocycles. The maximum atomic E-state index is 12.6. The molecule has 1 aliphatic rings. The van der Waals surface area contributed by atoms with E-state index in [1.165, 1.54) is 33.9 Å². The molecule has 32 heavy (non-hydrogen) atoms. The van der Waals surface area contributed by atoms with Gasteiger partial charge in [0.05, 0.1) is 5.69 Å². The van der Waals surface area contributed by atoms with Crippen LogP contribution in [0.2, 0.25) is 0 Å². The normalized spacial score (nSPS) is 13.0. The second kappa shape index (κ2) is 9.22. The zero-order chi connectivity index (χ0) is 22.7. The molecule has 0 radical (unpaired) electrons. The third kappa shape index (κ3) is 4.58. The van der Waals surface area contributed by atoms with Crippen LogP contribution in [-0.2, 0) is 21.2 Å². The maximum absolute atomic E-state index is 12.6. The summed E-state index contributed by atoms with van der Waals surface area (Å²) in [6, 6.07) is 15.9. The van der Waals surface area contributed by atoms with E-state index in [0.717, 1.165) is 25.2 Å². The molecular weight excluding hydrogens is 446 g/mol. The van der Waals surface area contributed by atoms with Gasteiger partial charge in [-0.2, -0.15) is 0 Å². The van der Waals surface area contributed by atoms with Crippen LogP contribution in [0.3, 0.4) is 0 Å². The number of ether oxygens (including phenoxy) is 1. The lowest BCUT2D eigenvalue weighted by Gasteiger charge is -2.19. The third-order valence-corrected chi connectivity index (χ3v) is 8.58. The van der Waals surface area contributed by atoms with Crippen LogP contribution in [0.25, 0.3) is 0 Å². The fraction of sp³-hybridized carbons (Fsp3) is 0.261. The van der Waals surface area contributed by atoms with Gasteiger partial charge >= 0.3 is 0 Å². The van der Waals surface area contributed by atoms with Crippen molar-refractivity contribution < 1.29 is 17.9 Å². The largest absolute Gasteiger partial charge is 0.484 e. The summed E-state index contributed by atoms with van der Waals surface area (Å²) in [5, 5.41) is 4.60. The first kappa shape index (κ1) is 22.2. The van der Waals surface area contributed by atoms with Crippen molar-refractivity contribution in [2.45, 2.75) is 17.6 Å². The molecule has 0 fully saturated rings. The predicted molar refractivity (Wildman–Crippen MR) is 129 cm³/mol. The molecule has 1 aromatic heterocycles. The highest BCUT2D eigenvalue weighted by molar-refractivity contribution is 7.94. The van der Waals surface area contributed by atoms with Crippen molar-refractivity contribution in [1.29, 1.82) is 0 Å². The molecule has 2 aromatic carbocycles. The number of nitrogens with zero attached hydrogens (tertiary/aromatic N) is 2. The van der Waals surface area contributed by atoms with E-state index in [2.05, 4.69) is 23.2 Å². The van der Waals surface area contributed by atoms with Crippen molar-refractivity contribution in [1.82, 2.24) is 0 Å². The van der Waals surface area contributed by atoms with Crippen molar-refractivity contribution in [3.63, 3.8) is 0 Å². The number of fused-ring (bicyclic) bond motifs is 1. The fourth-order valence-corrected chi connectivity index (χ4v) is 5.99. The second-order valence-corrected chi connectivity index (χ2v) is 10.6. The minimum absolute atomic E-state index is 0.142. The van der Waals surface area contributed by atoms with Crippen molar-refractivity contribution in [3.05, 3.63) is 65.5 Å². The number of carbonyl (C=O) groups is 1. The molecule has 7 nitrogen and oxygen atoms in total. The smallest absolute Gasteiger partial charge is 0.273 e. The molecule has 1 aliphatic heterocycles. The number of anilines is 3. The van der Waals surface area contributed by atoms with Crippen LogP contribution in [-0.4, -0.2) is 41.1 Å². The van der Waals surface area contributed by atoms with Crippen LogP contribution < -0.4 is 19.3 Å². The van der Waals surface area contributed by atoms with Crippen LogP contribution in [0, 0.1) is 0 Å². The van der Waals surface area contributed by atoms with Gasteiger partial charge in [-0.3, -0.25) is 9.10 Å². The van der Waals surface area contributed by atoms with E-state index in [1.54, 1.807) is 41.8 Å². The lowest BCUT2D eigenvalue weighted by molar-refractivity contribution is -0.118. The molecule has 9 heteroatoms. The second-order valence-electron chi connectivity index (χ2n) is 7.41. The Morgan fingerprint density at radius 2 is 1.97 bits per heavy atom. The monoisotopic (exact) mass is 471 g/mol. The number of likely N-dealkylation sites (N-methyl/N-ethyl adjacent to an activating group) is 1. The van der Waals surface area contributed by atoms with E-state index in [1.807, 2.05) is 12.1 Å². The maximum Gasteiger partial charge on any atom is 0.273 e. The van der Waals surface area contributed by atoms with Gasteiger partial charge in [0, 0.05) is 31.5 Å². The Morgan fingerprint density at radius 1 is 1.19 bits per heavy atom. The number of nitrogens with one attached hydrogen (secondary N) is 1. The fourth-order valence-electron chi connectivity index (χ4n) is 3.63. The van der Waals surface area contributed by atoms with Crippen LogP contribution in [0.1, 0.15) is 12.5 Å². The summed E-state index contributed by atoms with van der Waals surface area (Å²) in [6.07, 6.45) is 1.03. The number of thiophene rings is 1. The molecule has 0 bridgehead atoms. The highest BCUT2D eigenvalue weighted by Crippen LogP contribution is 2.30. The summed E-state index contributed by atoms with van der Waals surface area (Å²) < 4.78 is 32.3. The standard InChI is InChI=1S/C23H25N3O4S2/c1-3-26-13-12-17-6-7-18(15-21(17)26)24-22(27)16-30-20-10-8-19(9-11-20)25(2)32(28,29)23-5-4-14-31-23/h4-11,14-15H,3,12-13,16H2,1-2H3,(H,24,27). The van der Waals surface area contributed by atoms with E-state index < -0.39 is 10.0 Å². The van der Waals surface area contributed by atoms with Crippen LogP contribution in [0.4, 0.5) is 17.1 Å². The molecule has 3 aromatic rings. The zero-order valence-corrected chi connectivity index (χ0v) is 19.6. The molecule has 0 unspecified atom stereocenters. The van der Waals surface area contributed by atoms with Gasteiger partial charge in [0.2, 0.25) is 0 Å². The predicted octanol–water partition coefficient (Wildman–Crippen LogP) is 3.97. The van der Waals surface area contributed by atoms with Gasteiger partial charge in [0.25, 0.3) is 15.9 Å². The number of amides is 1. The molecular formula is C23H25N3O4S2. The average Bonchev–Trinajstić information content (AvgIpc) is 3.48. The van der Waals surface area contributed by atoms with Gasteiger partial charge in [-0.15, -0.1) is 11.3 Å².